The third-order valence-electron chi connectivity index (χ3n) is 2.92. The first kappa shape index (κ1) is 12.5. The van der Waals surface area contributed by atoms with Crippen LogP contribution in [0, 0.1) is 11.8 Å². The van der Waals surface area contributed by atoms with Crippen LogP contribution in [0.15, 0.2) is 0 Å². The van der Waals surface area contributed by atoms with Crippen molar-refractivity contribution < 1.29 is 14.6 Å². The Hall–Kier alpha value is -0.610. The molecule has 1 fully saturated rings. The van der Waals surface area contributed by atoms with Crippen molar-refractivity contribution in [2.75, 3.05) is 19.8 Å². The maximum atomic E-state index is 11.8. The summed E-state index contributed by atoms with van der Waals surface area (Å²) < 4.78 is 5.20. The molecule has 15 heavy (non-hydrogen) atoms. The van der Waals surface area contributed by atoms with E-state index in [1.54, 1.807) is 0 Å². The molecule has 0 aromatic rings. The number of hydrogen-bond donors (Lipinski definition) is 2. The Kier molecular flexibility index (Phi) is 5.05. The lowest BCUT2D eigenvalue weighted by molar-refractivity contribution is -0.129. The van der Waals surface area contributed by atoms with Gasteiger partial charge in [-0.2, -0.15) is 0 Å². The standard InChI is InChI=1S/C11H21NO3/c1-8(2)10(7-13)12-11(14)9-3-5-15-6-4-9/h8-10,13H,3-7H2,1-2H3,(H,12,14). The van der Waals surface area contributed by atoms with Crippen LogP contribution in [-0.4, -0.2) is 36.9 Å². The maximum Gasteiger partial charge on any atom is 0.223 e. The van der Waals surface area contributed by atoms with Gasteiger partial charge in [0.05, 0.1) is 12.6 Å². The van der Waals surface area contributed by atoms with Crippen LogP contribution in [0.4, 0.5) is 0 Å². The predicted octanol–water partition coefficient (Wildman–Crippen LogP) is 0.546. The summed E-state index contributed by atoms with van der Waals surface area (Å²) in [6, 6.07) is -0.125. The summed E-state index contributed by atoms with van der Waals surface area (Å²) in [7, 11) is 0. The van der Waals surface area contributed by atoms with E-state index in [4.69, 9.17) is 9.84 Å². The third kappa shape index (κ3) is 3.80. The average Bonchev–Trinajstić information content (AvgIpc) is 2.26. The van der Waals surface area contributed by atoms with Crippen molar-refractivity contribution in [3.05, 3.63) is 0 Å². The van der Waals surface area contributed by atoms with Gasteiger partial charge in [0.2, 0.25) is 5.91 Å². The number of aliphatic hydroxyl groups is 1. The van der Waals surface area contributed by atoms with Gasteiger partial charge in [-0.15, -0.1) is 0 Å². The summed E-state index contributed by atoms with van der Waals surface area (Å²) in [5.41, 5.74) is 0. The summed E-state index contributed by atoms with van der Waals surface area (Å²) in [4.78, 5) is 11.8. The lowest BCUT2D eigenvalue weighted by Gasteiger charge is -2.25. The molecule has 0 saturated carbocycles. The third-order valence-corrected chi connectivity index (χ3v) is 2.92. The Morgan fingerprint density at radius 3 is 2.53 bits per heavy atom. The molecule has 0 spiro atoms. The highest BCUT2D eigenvalue weighted by Gasteiger charge is 2.24. The first-order valence-corrected chi connectivity index (χ1v) is 5.64. The number of rotatable bonds is 4. The molecule has 0 aromatic heterocycles. The number of nitrogens with one attached hydrogen (secondary N) is 1. The van der Waals surface area contributed by atoms with Gasteiger partial charge in [-0.3, -0.25) is 4.79 Å². The minimum atomic E-state index is -0.125. The molecule has 1 aliphatic rings. The van der Waals surface area contributed by atoms with E-state index in [1.807, 2.05) is 13.8 Å². The van der Waals surface area contributed by atoms with Crippen molar-refractivity contribution in [3.8, 4) is 0 Å². The van der Waals surface area contributed by atoms with E-state index >= 15 is 0 Å². The first-order chi connectivity index (χ1) is 7.15. The zero-order valence-electron chi connectivity index (χ0n) is 9.53. The minimum Gasteiger partial charge on any atom is -0.394 e. The van der Waals surface area contributed by atoms with E-state index in [2.05, 4.69) is 5.32 Å². The smallest absolute Gasteiger partial charge is 0.223 e. The number of ether oxygens (including phenoxy) is 1. The molecular formula is C11H21NO3. The molecule has 1 unspecified atom stereocenters. The summed E-state index contributed by atoms with van der Waals surface area (Å²) in [5.74, 6) is 0.386. The molecule has 1 heterocycles. The zero-order valence-corrected chi connectivity index (χ0v) is 9.53. The van der Waals surface area contributed by atoms with E-state index in [1.165, 1.54) is 0 Å². The van der Waals surface area contributed by atoms with Crippen LogP contribution in [0.2, 0.25) is 0 Å². The summed E-state index contributed by atoms with van der Waals surface area (Å²) in [5, 5.41) is 12.0. The van der Waals surface area contributed by atoms with Gasteiger partial charge in [-0.05, 0) is 18.8 Å². The largest absolute Gasteiger partial charge is 0.394 e. The van der Waals surface area contributed by atoms with Crippen molar-refractivity contribution in [2.24, 2.45) is 11.8 Å². The molecule has 0 aliphatic carbocycles. The molecule has 88 valence electrons. The molecule has 0 aromatic carbocycles. The van der Waals surface area contributed by atoms with Crippen LogP contribution in [0.3, 0.4) is 0 Å². The number of carbonyl (C=O) groups excluding carboxylic acids is 1. The van der Waals surface area contributed by atoms with Crippen molar-refractivity contribution in [2.45, 2.75) is 32.7 Å². The van der Waals surface area contributed by atoms with E-state index in [-0.39, 0.29) is 30.4 Å². The van der Waals surface area contributed by atoms with Crippen LogP contribution in [0.5, 0.6) is 0 Å². The van der Waals surface area contributed by atoms with Gasteiger partial charge < -0.3 is 15.2 Å². The van der Waals surface area contributed by atoms with Gasteiger partial charge in [0.15, 0.2) is 0 Å². The fourth-order valence-electron chi connectivity index (χ4n) is 1.68. The Morgan fingerprint density at radius 2 is 2.07 bits per heavy atom. The van der Waals surface area contributed by atoms with Gasteiger partial charge in [-0.1, -0.05) is 13.8 Å². The molecule has 0 bridgehead atoms. The lowest BCUT2D eigenvalue weighted by Crippen LogP contribution is -2.45. The Bertz CT molecular complexity index is 200. The van der Waals surface area contributed by atoms with Crippen molar-refractivity contribution >= 4 is 5.91 Å². The molecule has 0 radical (unpaired) electrons. The fourth-order valence-corrected chi connectivity index (χ4v) is 1.68. The van der Waals surface area contributed by atoms with Gasteiger partial charge in [0.1, 0.15) is 0 Å². The number of amides is 1. The van der Waals surface area contributed by atoms with Crippen molar-refractivity contribution in [1.29, 1.82) is 0 Å². The fraction of sp³-hybridized carbons (Fsp3) is 0.909. The Balaban J connectivity index is 2.38. The number of hydrogen-bond acceptors (Lipinski definition) is 3. The van der Waals surface area contributed by atoms with Gasteiger partial charge in [0.25, 0.3) is 0 Å². The summed E-state index contributed by atoms with van der Waals surface area (Å²) >= 11 is 0. The Labute approximate surface area is 91.0 Å². The number of carbonyl (C=O) groups is 1. The SMILES string of the molecule is CC(C)C(CO)NC(=O)C1CCOCC1. The second kappa shape index (κ2) is 6.08. The van der Waals surface area contributed by atoms with Crippen LogP contribution in [0.25, 0.3) is 0 Å². The number of aliphatic hydroxyl groups excluding tert-OH is 1. The van der Waals surface area contributed by atoms with Gasteiger partial charge in [0, 0.05) is 19.1 Å². The van der Waals surface area contributed by atoms with Crippen molar-refractivity contribution in [3.63, 3.8) is 0 Å². The molecule has 1 saturated heterocycles. The summed E-state index contributed by atoms with van der Waals surface area (Å²) in [6.07, 6.45) is 1.59. The molecule has 1 amide bonds. The topological polar surface area (TPSA) is 58.6 Å². The van der Waals surface area contributed by atoms with Crippen LogP contribution >= 0.6 is 0 Å². The normalized spacial score (nSPS) is 20.3. The average molecular weight is 215 g/mol. The highest BCUT2D eigenvalue weighted by Crippen LogP contribution is 2.15. The highest BCUT2D eigenvalue weighted by atomic mass is 16.5. The molecule has 4 heteroatoms. The highest BCUT2D eigenvalue weighted by molar-refractivity contribution is 5.79. The second-order valence-electron chi connectivity index (χ2n) is 4.43. The molecule has 1 rings (SSSR count). The van der Waals surface area contributed by atoms with Gasteiger partial charge >= 0.3 is 0 Å². The monoisotopic (exact) mass is 215 g/mol. The Morgan fingerprint density at radius 1 is 1.47 bits per heavy atom. The predicted molar refractivity (Wildman–Crippen MR) is 57.4 cm³/mol. The molecule has 1 atom stereocenters. The van der Waals surface area contributed by atoms with E-state index in [0.29, 0.717) is 13.2 Å². The van der Waals surface area contributed by atoms with Crippen molar-refractivity contribution in [1.82, 2.24) is 5.32 Å². The maximum absolute atomic E-state index is 11.8. The molecule has 1 aliphatic heterocycles. The molecule has 2 N–H and O–H groups in total. The summed E-state index contributed by atoms with van der Waals surface area (Å²) in [6.45, 7) is 5.33. The van der Waals surface area contributed by atoms with E-state index in [0.717, 1.165) is 12.8 Å². The minimum absolute atomic E-state index is 0.00657. The second-order valence-corrected chi connectivity index (χ2v) is 4.43. The van der Waals surface area contributed by atoms with Gasteiger partial charge in [-0.25, -0.2) is 0 Å². The quantitative estimate of drug-likeness (QED) is 0.720. The van der Waals surface area contributed by atoms with Crippen LogP contribution < -0.4 is 5.32 Å². The zero-order chi connectivity index (χ0) is 11.3. The molecule has 4 nitrogen and oxygen atoms in total. The van der Waals surface area contributed by atoms with E-state index < -0.39 is 0 Å². The first-order valence-electron chi connectivity index (χ1n) is 5.64. The van der Waals surface area contributed by atoms with E-state index in [9.17, 15) is 4.79 Å². The van der Waals surface area contributed by atoms with Crippen LogP contribution in [0.1, 0.15) is 26.7 Å². The molecular weight excluding hydrogens is 194 g/mol. The van der Waals surface area contributed by atoms with Crippen LogP contribution in [-0.2, 0) is 9.53 Å². The lowest BCUT2D eigenvalue weighted by atomic mass is 9.97.